The van der Waals surface area contributed by atoms with Gasteiger partial charge in [-0.2, -0.15) is 0 Å². The number of carbonyl (C=O) groups is 1. The summed E-state index contributed by atoms with van der Waals surface area (Å²) in [5.41, 5.74) is 1.51. The number of hydrogen-bond donors (Lipinski definition) is 2. The van der Waals surface area contributed by atoms with Crippen molar-refractivity contribution in [3.63, 3.8) is 0 Å². The molecule has 0 saturated carbocycles. The second-order valence-electron chi connectivity index (χ2n) is 8.19. The van der Waals surface area contributed by atoms with Gasteiger partial charge in [0, 0.05) is 18.5 Å². The van der Waals surface area contributed by atoms with Crippen LogP contribution < -0.4 is 19.5 Å². The molecule has 170 valence electrons. The summed E-state index contributed by atoms with van der Waals surface area (Å²) in [7, 11) is 3.14. The molecule has 6 heteroatoms. The van der Waals surface area contributed by atoms with Gasteiger partial charge in [-0.15, -0.1) is 0 Å². The van der Waals surface area contributed by atoms with E-state index in [-0.39, 0.29) is 17.9 Å². The zero-order valence-electron chi connectivity index (χ0n) is 19.2. The Balaban J connectivity index is 1.97. The Morgan fingerprint density at radius 2 is 1.77 bits per heavy atom. The van der Waals surface area contributed by atoms with E-state index in [2.05, 4.69) is 26.1 Å². The van der Waals surface area contributed by atoms with E-state index in [4.69, 9.17) is 14.2 Å². The number of para-hydroxylation sites is 1. The van der Waals surface area contributed by atoms with Gasteiger partial charge in [0.2, 0.25) is 0 Å². The lowest BCUT2D eigenvalue weighted by molar-refractivity contribution is 0.0969. The van der Waals surface area contributed by atoms with Crippen molar-refractivity contribution in [3.05, 3.63) is 53.6 Å². The largest absolute Gasteiger partial charge is 0.496 e. The monoisotopic (exact) mass is 429 g/mol. The lowest BCUT2D eigenvalue weighted by Crippen LogP contribution is -2.44. The smallest absolute Gasteiger partial charge is 0.166 e. The molecule has 6 nitrogen and oxygen atoms in total. The molecule has 2 rings (SSSR count). The van der Waals surface area contributed by atoms with Crippen LogP contribution in [-0.4, -0.2) is 49.9 Å². The van der Waals surface area contributed by atoms with E-state index < -0.39 is 6.10 Å². The maximum atomic E-state index is 12.6. The predicted molar refractivity (Wildman–Crippen MR) is 123 cm³/mol. The fourth-order valence-electron chi connectivity index (χ4n) is 3.02. The molecule has 0 aliphatic heterocycles. The number of methoxy groups -OCH3 is 2. The summed E-state index contributed by atoms with van der Waals surface area (Å²) in [6.45, 7) is 6.88. The van der Waals surface area contributed by atoms with E-state index in [9.17, 15) is 9.90 Å². The average molecular weight is 430 g/mol. The minimum atomic E-state index is -0.647. The van der Waals surface area contributed by atoms with Crippen molar-refractivity contribution >= 4 is 5.78 Å². The topological polar surface area (TPSA) is 77.0 Å². The van der Waals surface area contributed by atoms with Gasteiger partial charge in [0.15, 0.2) is 17.3 Å². The number of benzene rings is 2. The van der Waals surface area contributed by atoms with E-state index in [1.54, 1.807) is 26.4 Å². The molecule has 1 unspecified atom stereocenters. The van der Waals surface area contributed by atoms with Gasteiger partial charge < -0.3 is 24.6 Å². The molecule has 0 aliphatic carbocycles. The molecule has 0 radical (unpaired) electrons. The Hall–Kier alpha value is -2.57. The molecule has 0 spiro atoms. The van der Waals surface area contributed by atoms with Crippen molar-refractivity contribution in [1.82, 2.24) is 5.32 Å². The molecule has 2 aromatic carbocycles. The van der Waals surface area contributed by atoms with Gasteiger partial charge in [-0.25, -0.2) is 0 Å². The molecule has 0 aliphatic rings. The number of carbonyl (C=O) groups excluding carboxylic acids is 1. The van der Waals surface area contributed by atoms with Crippen LogP contribution in [0, 0.1) is 0 Å². The summed E-state index contributed by atoms with van der Waals surface area (Å²) < 4.78 is 16.5. The number of Topliss-reactive ketones (excluding diaryl/α,β-unsaturated/α-hetero) is 1. The molecule has 0 saturated heterocycles. The Labute approximate surface area is 185 Å². The second-order valence-corrected chi connectivity index (χ2v) is 8.19. The lowest BCUT2D eigenvalue weighted by Gasteiger charge is -2.26. The zero-order chi connectivity index (χ0) is 22.9. The van der Waals surface area contributed by atoms with Crippen LogP contribution in [0.1, 0.15) is 49.5 Å². The second kappa shape index (κ2) is 11.7. The van der Waals surface area contributed by atoms with Crippen molar-refractivity contribution in [3.8, 4) is 17.2 Å². The number of ketones is 1. The number of aryl methyl sites for hydroxylation is 1. The third-order valence-corrected chi connectivity index (χ3v) is 5.41. The normalized spacial score (nSPS) is 12.3. The first-order valence-electron chi connectivity index (χ1n) is 10.7. The first kappa shape index (κ1) is 24.7. The van der Waals surface area contributed by atoms with E-state index in [1.165, 1.54) is 0 Å². The first-order chi connectivity index (χ1) is 14.8. The Kier molecular flexibility index (Phi) is 9.34. The highest BCUT2D eigenvalue weighted by Gasteiger charge is 2.17. The van der Waals surface area contributed by atoms with Crippen molar-refractivity contribution in [2.24, 2.45) is 0 Å². The fourth-order valence-corrected chi connectivity index (χ4v) is 3.02. The van der Waals surface area contributed by atoms with Crippen LogP contribution in [0.25, 0.3) is 0 Å². The van der Waals surface area contributed by atoms with Crippen molar-refractivity contribution in [1.29, 1.82) is 0 Å². The summed E-state index contributed by atoms with van der Waals surface area (Å²) in [5.74, 6) is 1.75. The highest BCUT2D eigenvalue weighted by atomic mass is 16.5. The SMILES string of the molecule is CCC(C)(C)NCC(O)COc1cc(CCC(=O)c2ccccc2OC)ccc1OC. The van der Waals surface area contributed by atoms with E-state index in [1.807, 2.05) is 30.3 Å². The molecule has 2 N–H and O–H groups in total. The zero-order valence-corrected chi connectivity index (χ0v) is 19.2. The van der Waals surface area contributed by atoms with Crippen LogP contribution in [0.5, 0.6) is 17.2 Å². The summed E-state index contributed by atoms with van der Waals surface area (Å²) in [6, 6.07) is 12.8. The molecule has 1 atom stereocenters. The molecule has 0 aromatic heterocycles. The Morgan fingerprint density at radius 3 is 2.45 bits per heavy atom. The molecular formula is C25H35NO5. The summed E-state index contributed by atoms with van der Waals surface area (Å²) in [6.07, 6.45) is 1.23. The molecule has 2 aromatic rings. The average Bonchev–Trinajstić information content (AvgIpc) is 2.79. The highest BCUT2D eigenvalue weighted by Crippen LogP contribution is 2.29. The summed E-state index contributed by atoms with van der Waals surface area (Å²) >= 11 is 0. The van der Waals surface area contributed by atoms with Crippen molar-refractivity contribution in [2.45, 2.75) is 51.7 Å². The molecule has 0 heterocycles. The van der Waals surface area contributed by atoms with Crippen LogP contribution in [0.15, 0.2) is 42.5 Å². The molecule has 0 amide bonds. The van der Waals surface area contributed by atoms with Crippen LogP contribution in [-0.2, 0) is 6.42 Å². The number of aliphatic hydroxyl groups is 1. The van der Waals surface area contributed by atoms with Gasteiger partial charge in [-0.1, -0.05) is 25.1 Å². The summed E-state index contributed by atoms with van der Waals surface area (Å²) in [4.78, 5) is 12.6. The number of nitrogens with one attached hydrogen (secondary N) is 1. The Morgan fingerprint density at radius 1 is 1.06 bits per heavy atom. The van der Waals surface area contributed by atoms with Gasteiger partial charge in [0.25, 0.3) is 0 Å². The number of aliphatic hydroxyl groups excluding tert-OH is 1. The number of rotatable bonds is 13. The van der Waals surface area contributed by atoms with Crippen LogP contribution >= 0.6 is 0 Å². The Bertz CT molecular complexity index is 850. The van der Waals surface area contributed by atoms with Gasteiger partial charge in [0.05, 0.1) is 19.8 Å². The molecule has 0 fully saturated rings. The van der Waals surface area contributed by atoms with Crippen LogP contribution in [0.3, 0.4) is 0 Å². The van der Waals surface area contributed by atoms with Crippen LogP contribution in [0.2, 0.25) is 0 Å². The lowest BCUT2D eigenvalue weighted by atomic mass is 10.0. The van der Waals surface area contributed by atoms with E-state index >= 15 is 0 Å². The third-order valence-electron chi connectivity index (χ3n) is 5.41. The predicted octanol–water partition coefficient (Wildman–Crippen LogP) is 4.04. The number of hydrogen-bond acceptors (Lipinski definition) is 6. The van der Waals surface area contributed by atoms with Crippen molar-refractivity contribution in [2.75, 3.05) is 27.4 Å². The van der Waals surface area contributed by atoms with E-state index in [0.717, 1.165) is 12.0 Å². The molecule has 31 heavy (non-hydrogen) atoms. The highest BCUT2D eigenvalue weighted by molar-refractivity contribution is 5.98. The molecular weight excluding hydrogens is 394 g/mol. The third kappa shape index (κ3) is 7.56. The summed E-state index contributed by atoms with van der Waals surface area (Å²) in [5, 5.41) is 13.6. The van der Waals surface area contributed by atoms with E-state index in [0.29, 0.717) is 42.2 Å². The van der Waals surface area contributed by atoms with Crippen LogP contribution in [0.4, 0.5) is 0 Å². The van der Waals surface area contributed by atoms with Gasteiger partial charge in [-0.3, -0.25) is 4.79 Å². The first-order valence-corrected chi connectivity index (χ1v) is 10.7. The number of ether oxygens (including phenoxy) is 3. The maximum absolute atomic E-state index is 12.6. The maximum Gasteiger partial charge on any atom is 0.166 e. The van der Waals surface area contributed by atoms with Gasteiger partial charge >= 0.3 is 0 Å². The molecule has 0 bridgehead atoms. The fraction of sp³-hybridized carbons (Fsp3) is 0.480. The standard InChI is InChI=1S/C25H35NO5/c1-6-25(2,3)26-16-19(27)17-31-24-15-18(12-14-23(24)30-5)11-13-21(28)20-9-7-8-10-22(20)29-4/h7-10,12,14-15,19,26-27H,6,11,13,16-17H2,1-5H3. The minimum absolute atomic E-state index is 0.0239. The minimum Gasteiger partial charge on any atom is -0.496 e. The van der Waals surface area contributed by atoms with Gasteiger partial charge in [0.1, 0.15) is 18.5 Å². The van der Waals surface area contributed by atoms with Crippen molar-refractivity contribution < 1.29 is 24.1 Å². The number of β-amino-alcohol motifs (C(OH)–C–C–N with tert-alkyl or cyclic N) is 1. The van der Waals surface area contributed by atoms with Gasteiger partial charge in [-0.05, 0) is 56.5 Å². The quantitative estimate of drug-likeness (QED) is 0.468.